The van der Waals surface area contributed by atoms with E-state index < -0.39 is 15.8 Å². The minimum absolute atomic E-state index is 0.0372. The van der Waals surface area contributed by atoms with Gasteiger partial charge in [-0.25, -0.2) is 17.9 Å². The number of sulfonamides is 1. The van der Waals surface area contributed by atoms with E-state index in [4.69, 9.17) is 9.88 Å². The summed E-state index contributed by atoms with van der Waals surface area (Å²) in [5, 5.41) is 7.86. The van der Waals surface area contributed by atoms with Gasteiger partial charge in [-0.2, -0.15) is 0 Å². The molecule has 0 saturated carbocycles. The first-order valence-electron chi connectivity index (χ1n) is 5.46. The molecule has 0 amide bonds. The molecule has 1 rings (SSSR count). The topological polar surface area (TPSA) is 81.4 Å². The average Bonchev–Trinajstić information content (AvgIpc) is 2.29. The van der Waals surface area contributed by atoms with E-state index in [1.54, 1.807) is 7.11 Å². The summed E-state index contributed by atoms with van der Waals surface area (Å²) in [6.07, 6.45) is 0.754. The first-order valence-corrected chi connectivity index (χ1v) is 7.01. The molecule has 1 aromatic carbocycles. The second-order valence-electron chi connectivity index (χ2n) is 3.89. The molecule has 0 heterocycles. The van der Waals surface area contributed by atoms with Crippen LogP contribution < -0.4 is 10.5 Å². The first-order chi connectivity index (χ1) is 8.38. The molecular formula is C11H17FN2O3S. The van der Waals surface area contributed by atoms with Crippen molar-refractivity contribution >= 4 is 15.7 Å². The molecule has 1 aromatic rings. The molecule has 0 aliphatic rings. The minimum Gasteiger partial charge on any atom is -0.383 e. The quantitative estimate of drug-likeness (QED) is 0.821. The number of nitrogens with two attached hydrogens (primary N) is 1. The average molecular weight is 276 g/mol. The van der Waals surface area contributed by atoms with E-state index in [9.17, 15) is 12.8 Å². The number of primary sulfonamides is 1. The Morgan fingerprint density at radius 1 is 1.50 bits per heavy atom. The number of rotatable bonds is 6. The van der Waals surface area contributed by atoms with E-state index in [-0.39, 0.29) is 16.6 Å². The molecule has 0 radical (unpaired) electrons. The number of benzene rings is 1. The molecule has 0 saturated heterocycles. The maximum Gasteiger partial charge on any atom is 0.238 e. The summed E-state index contributed by atoms with van der Waals surface area (Å²) >= 11 is 0. The van der Waals surface area contributed by atoms with E-state index in [0.29, 0.717) is 6.61 Å². The van der Waals surface area contributed by atoms with E-state index in [2.05, 4.69) is 5.32 Å². The largest absolute Gasteiger partial charge is 0.383 e. The Hall–Kier alpha value is -1.18. The van der Waals surface area contributed by atoms with Gasteiger partial charge in [0.25, 0.3) is 0 Å². The Labute approximate surface area is 106 Å². The van der Waals surface area contributed by atoms with Gasteiger partial charge in [0, 0.05) is 13.2 Å². The SMILES string of the molecule is CCC(COC)Nc1ccc(S(N)(=O)=O)cc1F. The summed E-state index contributed by atoms with van der Waals surface area (Å²) in [6, 6.07) is 3.48. The number of hydrogen-bond acceptors (Lipinski definition) is 4. The van der Waals surface area contributed by atoms with Crippen LogP contribution in [0.1, 0.15) is 13.3 Å². The Balaban J connectivity index is 2.92. The number of nitrogens with one attached hydrogen (secondary N) is 1. The lowest BCUT2D eigenvalue weighted by molar-refractivity contribution is 0.184. The fourth-order valence-corrected chi connectivity index (χ4v) is 2.00. The smallest absolute Gasteiger partial charge is 0.238 e. The lowest BCUT2D eigenvalue weighted by atomic mass is 10.2. The molecule has 0 fully saturated rings. The predicted octanol–water partition coefficient (Wildman–Crippen LogP) is 1.31. The van der Waals surface area contributed by atoms with Crippen molar-refractivity contribution in [1.82, 2.24) is 0 Å². The fourth-order valence-electron chi connectivity index (χ4n) is 1.47. The van der Waals surface area contributed by atoms with Gasteiger partial charge < -0.3 is 10.1 Å². The van der Waals surface area contributed by atoms with Gasteiger partial charge in [-0.1, -0.05) is 6.92 Å². The highest BCUT2D eigenvalue weighted by molar-refractivity contribution is 7.89. The molecule has 7 heteroatoms. The second kappa shape index (κ2) is 6.12. The Bertz CT molecular complexity index is 505. The summed E-state index contributed by atoms with van der Waals surface area (Å²) in [5.74, 6) is -0.656. The molecule has 0 aliphatic heterocycles. The first kappa shape index (κ1) is 14.9. The van der Waals surface area contributed by atoms with Crippen molar-refractivity contribution in [2.75, 3.05) is 19.0 Å². The zero-order chi connectivity index (χ0) is 13.8. The predicted molar refractivity (Wildman–Crippen MR) is 67.4 cm³/mol. The summed E-state index contributed by atoms with van der Waals surface area (Å²) in [4.78, 5) is -0.245. The standard InChI is InChI=1S/C11H17FN2O3S/c1-3-8(7-17-2)14-11-5-4-9(6-10(11)12)18(13,15)16/h4-6,8,14H,3,7H2,1-2H3,(H2,13,15,16). The molecule has 1 atom stereocenters. The maximum atomic E-state index is 13.7. The summed E-state index contributed by atoms with van der Waals surface area (Å²) in [6.45, 7) is 2.38. The highest BCUT2D eigenvalue weighted by atomic mass is 32.2. The molecule has 0 aromatic heterocycles. The summed E-state index contributed by atoms with van der Waals surface area (Å²) in [7, 11) is -2.32. The van der Waals surface area contributed by atoms with Gasteiger partial charge in [-0.3, -0.25) is 0 Å². The number of ether oxygens (including phenoxy) is 1. The molecule has 0 bridgehead atoms. The van der Waals surface area contributed by atoms with E-state index in [0.717, 1.165) is 12.5 Å². The lowest BCUT2D eigenvalue weighted by Gasteiger charge is -2.17. The van der Waals surface area contributed by atoms with Crippen LogP contribution in [0.15, 0.2) is 23.1 Å². The van der Waals surface area contributed by atoms with Crippen LogP contribution in [0.3, 0.4) is 0 Å². The zero-order valence-corrected chi connectivity index (χ0v) is 11.1. The third-order valence-electron chi connectivity index (χ3n) is 2.49. The molecule has 102 valence electrons. The van der Waals surface area contributed by atoms with Crippen LogP contribution in [-0.2, 0) is 14.8 Å². The molecular weight excluding hydrogens is 259 g/mol. The van der Waals surface area contributed by atoms with Gasteiger partial charge in [-0.15, -0.1) is 0 Å². The van der Waals surface area contributed by atoms with Crippen LogP contribution in [0, 0.1) is 5.82 Å². The van der Waals surface area contributed by atoms with Crippen molar-refractivity contribution in [2.24, 2.45) is 5.14 Å². The Kier molecular flexibility index (Phi) is 5.06. The van der Waals surface area contributed by atoms with Crippen LogP contribution >= 0.6 is 0 Å². The van der Waals surface area contributed by atoms with E-state index in [1.807, 2.05) is 6.92 Å². The normalized spacial score (nSPS) is 13.3. The van der Waals surface area contributed by atoms with Gasteiger partial charge in [0.05, 0.1) is 17.2 Å². The number of anilines is 1. The van der Waals surface area contributed by atoms with Crippen molar-refractivity contribution in [2.45, 2.75) is 24.3 Å². The van der Waals surface area contributed by atoms with Crippen LogP contribution in [-0.4, -0.2) is 28.2 Å². The lowest BCUT2D eigenvalue weighted by Crippen LogP contribution is -2.24. The van der Waals surface area contributed by atoms with Crippen molar-refractivity contribution in [1.29, 1.82) is 0 Å². The monoisotopic (exact) mass is 276 g/mol. The second-order valence-corrected chi connectivity index (χ2v) is 5.45. The van der Waals surface area contributed by atoms with E-state index in [1.165, 1.54) is 12.1 Å². The molecule has 0 spiro atoms. The van der Waals surface area contributed by atoms with Gasteiger partial charge >= 0.3 is 0 Å². The third kappa shape index (κ3) is 3.94. The van der Waals surface area contributed by atoms with Crippen LogP contribution in [0.5, 0.6) is 0 Å². The number of halogens is 1. The van der Waals surface area contributed by atoms with E-state index >= 15 is 0 Å². The number of hydrogen-bond donors (Lipinski definition) is 2. The highest BCUT2D eigenvalue weighted by Crippen LogP contribution is 2.19. The van der Waals surface area contributed by atoms with Crippen LogP contribution in [0.25, 0.3) is 0 Å². The minimum atomic E-state index is -3.88. The van der Waals surface area contributed by atoms with Gasteiger partial charge in [-0.05, 0) is 24.6 Å². The number of methoxy groups -OCH3 is 1. The van der Waals surface area contributed by atoms with Gasteiger partial charge in [0.1, 0.15) is 5.82 Å². The fraction of sp³-hybridized carbons (Fsp3) is 0.455. The molecule has 5 nitrogen and oxygen atoms in total. The molecule has 1 unspecified atom stereocenters. The third-order valence-corrected chi connectivity index (χ3v) is 3.40. The summed E-state index contributed by atoms with van der Waals surface area (Å²) < 4.78 is 40.8. The zero-order valence-electron chi connectivity index (χ0n) is 10.3. The van der Waals surface area contributed by atoms with Crippen molar-refractivity contribution in [3.63, 3.8) is 0 Å². The maximum absolute atomic E-state index is 13.7. The van der Waals surface area contributed by atoms with Gasteiger partial charge in [0.15, 0.2) is 0 Å². The highest BCUT2D eigenvalue weighted by Gasteiger charge is 2.13. The Morgan fingerprint density at radius 3 is 2.61 bits per heavy atom. The Morgan fingerprint density at radius 2 is 2.17 bits per heavy atom. The molecule has 0 aliphatic carbocycles. The van der Waals surface area contributed by atoms with Crippen LogP contribution in [0.4, 0.5) is 10.1 Å². The van der Waals surface area contributed by atoms with Crippen molar-refractivity contribution in [3.05, 3.63) is 24.0 Å². The summed E-state index contributed by atoms with van der Waals surface area (Å²) in [5.41, 5.74) is 0.228. The molecule has 3 N–H and O–H groups in total. The molecule has 18 heavy (non-hydrogen) atoms. The van der Waals surface area contributed by atoms with Crippen molar-refractivity contribution in [3.8, 4) is 0 Å². The van der Waals surface area contributed by atoms with Crippen LogP contribution in [0.2, 0.25) is 0 Å². The van der Waals surface area contributed by atoms with Crippen molar-refractivity contribution < 1.29 is 17.5 Å². The van der Waals surface area contributed by atoms with Gasteiger partial charge in [0.2, 0.25) is 10.0 Å².